The van der Waals surface area contributed by atoms with Crippen molar-refractivity contribution in [3.05, 3.63) is 61.9 Å². The Morgan fingerprint density at radius 2 is 1.93 bits per heavy atom. The van der Waals surface area contributed by atoms with E-state index in [9.17, 15) is 9.59 Å². The monoisotopic (exact) mass is 424 g/mol. The summed E-state index contributed by atoms with van der Waals surface area (Å²) < 4.78 is 12.9. The second kappa shape index (κ2) is 7.46. The molecule has 0 spiro atoms. The fraction of sp³-hybridized carbons (Fsp3) is 0.227. The van der Waals surface area contributed by atoms with E-state index in [2.05, 4.69) is 4.98 Å². The maximum absolute atomic E-state index is 13.0. The Morgan fingerprint density at radius 3 is 2.63 bits per heavy atom. The van der Waals surface area contributed by atoms with E-state index < -0.39 is 12.1 Å². The van der Waals surface area contributed by atoms with Crippen LogP contribution < -0.4 is 19.6 Å². The van der Waals surface area contributed by atoms with E-state index in [1.54, 1.807) is 28.7 Å². The third-order valence-electron chi connectivity index (χ3n) is 4.99. The first-order chi connectivity index (χ1) is 14.3. The molecule has 0 aliphatic heterocycles. The number of methoxy groups -OCH3 is 1. The average Bonchev–Trinajstić information content (AvgIpc) is 3.19. The number of carbonyl (C=O) groups is 1. The summed E-state index contributed by atoms with van der Waals surface area (Å²) in [4.78, 5) is 29.3. The molecule has 7 nitrogen and oxygen atoms in total. The predicted octanol–water partition coefficient (Wildman–Crippen LogP) is 2.93. The minimum atomic E-state index is -1.07. The van der Waals surface area contributed by atoms with Gasteiger partial charge in [-0.3, -0.25) is 4.79 Å². The Labute approximate surface area is 175 Å². The van der Waals surface area contributed by atoms with E-state index in [0.717, 1.165) is 27.7 Å². The van der Waals surface area contributed by atoms with Gasteiger partial charge in [-0.2, -0.15) is 0 Å². The Hall–Kier alpha value is -3.39. The highest BCUT2D eigenvalue weighted by atomic mass is 32.1. The van der Waals surface area contributed by atoms with Gasteiger partial charge >= 0.3 is 5.97 Å². The first kappa shape index (κ1) is 19.9. The number of thiazole rings is 1. The first-order valence-electron chi connectivity index (χ1n) is 9.30. The summed E-state index contributed by atoms with van der Waals surface area (Å²) in [6.45, 7) is 5.48. The van der Waals surface area contributed by atoms with Crippen LogP contribution in [-0.2, 0) is 4.79 Å². The molecule has 0 aliphatic carbocycles. The zero-order valence-corrected chi connectivity index (χ0v) is 17.7. The lowest BCUT2D eigenvalue weighted by atomic mass is 10.1. The Bertz CT molecular complexity index is 1400. The lowest BCUT2D eigenvalue weighted by Gasteiger charge is -2.14. The smallest absolute Gasteiger partial charge is 0.344 e. The van der Waals surface area contributed by atoms with Crippen molar-refractivity contribution in [3.63, 3.8) is 0 Å². The molecule has 4 rings (SSSR count). The van der Waals surface area contributed by atoms with Gasteiger partial charge in [0.05, 0.1) is 22.7 Å². The van der Waals surface area contributed by atoms with Gasteiger partial charge in [-0.05, 0) is 67.8 Å². The van der Waals surface area contributed by atoms with Crippen molar-refractivity contribution >= 4 is 39.4 Å². The molecule has 0 aliphatic rings. The van der Waals surface area contributed by atoms with Gasteiger partial charge in [0.25, 0.3) is 5.56 Å². The van der Waals surface area contributed by atoms with E-state index >= 15 is 0 Å². The number of benzene rings is 2. The van der Waals surface area contributed by atoms with Crippen LogP contribution in [0.5, 0.6) is 11.5 Å². The summed E-state index contributed by atoms with van der Waals surface area (Å²) in [5, 5.41) is 9.03. The summed E-state index contributed by atoms with van der Waals surface area (Å²) in [5.74, 6) is -0.352. The Balaban J connectivity index is 1.79. The van der Waals surface area contributed by atoms with Gasteiger partial charge in [-0.15, -0.1) is 0 Å². The highest BCUT2D eigenvalue weighted by Crippen LogP contribution is 2.29. The van der Waals surface area contributed by atoms with Gasteiger partial charge in [-0.1, -0.05) is 17.4 Å². The van der Waals surface area contributed by atoms with Crippen molar-refractivity contribution in [1.82, 2.24) is 9.38 Å². The van der Waals surface area contributed by atoms with E-state index in [1.807, 2.05) is 26.0 Å². The van der Waals surface area contributed by atoms with Crippen LogP contribution >= 0.6 is 11.3 Å². The highest BCUT2D eigenvalue weighted by Gasteiger charge is 2.16. The molecule has 2 aromatic heterocycles. The maximum Gasteiger partial charge on any atom is 0.344 e. The van der Waals surface area contributed by atoms with Crippen molar-refractivity contribution in [1.29, 1.82) is 0 Å². The summed E-state index contributed by atoms with van der Waals surface area (Å²) in [5.41, 5.74) is 4.47. The molecule has 0 saturated carbocycles. The zero-order chi connectivity index (χ0) is 21.6. The second-order valence-electron chi connectivity index (χ2n) is 7.08. The van der Waals surface area contributed by atoms with Gasteiger partial charge in [0.15, 0.2) is 22.6 Å². The summed E-state index contributed by atoms with van der Waals surface area (Å²) in [7, 11) is 1.48. The van der Waals surface area contributed by atoms with Crippen molar-refractivity contribution in [2.24, 2.45) is 0 Å². The van der Waals surface area contributed by atoms with Gasteiger partial charge in [0, 0.05) is 0 Å². The van der Waals surface area contributed by atoms with Crippen molar-refractivity contribution in [2.75, 3.05) is 7.11 Å². The molecule has 0 amide bonds. The standard InChI is InChI=1S/C22H20N2O5S/c1-11-7-15-16(8-12(11)2)24-20(25)19(30-22(24)23-15)10-14-5-6-17(18(9-14)28-4)29-13(3)21(26)27/h5-10,13H,1-4H3,(H,26,27)/b19-10-/t13-/m0/s1. The summed E-state index contributed by atoms with van der Waals surface area (Å²) in [6.07, 6.45) is 0.758. The number of hydrogen-bond acceptors (Lipinski definition) is 6. The third kappa shape index (κ3) is 3.39. The maximum atomic E-state index is 13.0. The van der Waals surface area contributed by atoms with Crippen LogP contribution in [0.1, 0.15) is 23.6 Å². The van der Waals surface area contributed by atoms with Crippen LogP contribution in [0.2, 0.25) is 0 Å². The fourth-order valence-electron chi connectivity index (χ4n) is 3.18. The lowest BCUT2D eigenvalue weighted by Crippen LogP contribution is -2.23. The minimum Gasteiger partial charge on any atom is -0.493 e. The average molecular weight is 424 g/mol. The number of aliphatic carboxylic acids is 1. The van der Waals surface area contributed by atoms with E-state index in [0.29, 0.717) is 21.0 Å². The molecule has 1 N–H and O–H groups in total. The number of aryl methyl sites for hydroxylation is 2. The number of ether oxygens (including phenoxy) is 2. The van der Waals surface area contributed by atoms with Crippen LogP contribution in [0, 0.1) is 13.8 Å². The molecule has 0 unspecified atom stereocenters. The van der Waals surface area contributed by atoms with E-state index in [-0.39, 0.29) is 5.56 Å². The SMILES string of the molecule is COc1cc(/C=c2\sc3nc4cc(C)c(C)cc4n3c2=O)ccc1O[C@@H](C)C(=O)O. The largest absolute Gasteiger partial charge is 0.493 e. The topological polar surface area (TPSA) is 90.1 Å². The molecule has 154 valence electrons. The number of fused-ring (bicyclic) bond motifs is 3. The number of imidazole rings is 1. The Kier molecular flexibility index (Phi) is 4.95. The van der Waals surface area contributed by atoms with Crippen molar-refractivity contribution < 1.29 is 19.4 Å². The van der Waals surface area contributed by atoms with E-state index in [1.165, 1.54) is 25.4 Å². The molecule has 1 atom stereocenters. The molecular weight excluding hydrogens is 404 g/mol. The van der Waals surface area contributed by atoms with Gasteiger partial charge in [0.2, 0.25) is 0 Å². The number of hydrogen-bond donors (Lipinski definition) is 1. The van der Waals surface area contributed by atoms with Crippen LogP contribution in [-0.4, -0.2) is 33.7 Å². The van der Waals surface area contributed by atoms with Crippen LogP contribution in [0.3, 0.4) is 0 Å². The molecular formula is C22H20N2O5S. The molecule has 0 fully saturated rings. The zero-order valence-electron chi connectivity index (χ0n) is 16.9. The van der Waals surface area contributed by atoms with Crippen molar-refractivity contribution in [3.8, 4) is 11.5 Å². The second-order valence-corrected chi connectivity index (χ2v) is 8.09. The highest BCUT2D eigenvalue weighted by molar-refractivity contribution is 7.15. The fourth-order valence-corrected chi connectivity index (χ4v) is 4.17. The number of aromatic nitrogens is 2. The van der Waals surface area contributed by atoms with Gasteiger partial charge in [0.1, 0.15) is 0 Å². The normalized spacial score (nSPS) is 13.1. The van der Waals surface area contributed by atoms with Gasteiger partial charge < -0.3 is 14.6 Å². The quantitative estimate of drug-likeness (QED) is 0.530. The minimum absolute atomic E-state index is 0.125. The van der Waals surface area contributed by atoms with Gasteiger partial charge in [-0.25, -0.2) is 14.2 Å². The molecule has 0 bridgehead atoms. The first-order valence-corrected chi connectivity index (χ1v) is 10.1. The molecule has 2 heterocycles. The van der Waals surface area contributed by atoms with Crippen LogP contribution in [0.15, 0.2) is 35.1 Å². The summed E-state index contributed by atoms with van der Waals surface area (Å²) >= 11 is 1.32. The molecule has 4 aromatic rings. The van der Waals surface area contributed by atoms with Crippen molar-refractivity contribution in [2.45, 2.75) is 26.9 Å². The lowest BCUT2D eigenvalue weighted by molar-refractivity contribution is -0.144. The molecule has 0 radical (unpaired) electrons. The number of nitrogens with zero attached hydrogens (tertiary/aromatic N) is 2. The third-order valence-corrected chi connectivity index (χ3v) is 5.96. The predicted molar refractivity (Wildman–Crippen MR) is 116 cm³/mol. The summed E-state index contributed by atoms with van der Waals surface area (Å²) in [6, 6.07) is 9.07. The Morgan fingerprint density at radius 1 is 1.20 bits per heavy atom. The van der Waals surface area contributed by atoms with E-state index in [4.69, 9.17) is 14.6 Å². The molecule has 30 heavy (non-hydrogen) atoms. The van der Waals surface area contributed by atoms with Crippen LogP contribution in [0.4, 0.5) is 0 Å². The number of rotatable bonds is 5. The number of carboxylic acid groups (broad SMARTS) is 1. The molecule has 2 aromatic carbocycles. The molecule has 8 heteroatoms. The van der Waals surface area contributed by atoms with Crippen LogP contribution in [0.25, 0.3) is 22.1 Å². The molecule has 0 saturated heterocycles. The number of carboxylic acids is 1.